The molecule has 5 rings (SSSR count). The second-order valence-electron chi connectivity index (χ2n) is 8.40. The van der Waals surface area contributed by atoms with E-state index in [4.69, 9.17) is 17.3 Å². The molecule has 1 saturated heterocycles. The third kappa shape index (κ3) is 2.98. The normalized spacial score (nSPS) is 23.1. The van der Waals surface area contributed by atoms with Crippen LogP contribution in [0.15, 0.2) is 36.0 Å². The molecule has 7 nitrogen and oxygen atoms in total. The molecule has 0 bridgehead atoms. The first kappa shape index (κ1) is 19.7. The maximum Gasteiger partial charge on any atom is 0.222 e. The van der Waals surface area contributed by atoms with E-state index in [1.54, 1.807) is 19.3 Å². The summed E-state index contributed by atoms with van der Waals surface area (Å²) in [5, 5.41) is 14.3. The lowest BCUT2D eigenvalue weighted by Gasteiger charge is -2.25. The molecule has 3 aromatic rings. The van der Waals surface area contributed by atoms with Crippen LogP contribution in [0.2, 0.25) is 5.02 Å². The first-order chi connectivity index (χ1) is 14.3. The van der Waals surface area contributed by atoms with Gasteiger partial charge in [0.15, 0.2) is 5.82 Å². The second-order valence-corrected chi connectivity index (χ2v) is 9.70. The van der Waals surface area contributed by atoms with Crippen molar-refractivity contribution < 1.29 is 5.11 Å². The van der Waals surface area contributed by atoms with Crippen LogP contribution in [0.4, 0.5) is 17.5 Å². The van der Waals surface area contributed by atoms with Crippen LogP contribution in [0.5, 0.6) is 0 Å². The molecule has 0 aliphatic carbocycles. The van der Waals surface area contributed by atoms with Gasteiger partial charge in [0.1, 0.15) is 15.6 Å². The van der Waals surface area contributed by atoms with Crippen LogP contribution < -0.4 is 10.6 Å². The monoisotopic (exact) mass is 442 g/mol. The van der Waals surface area contributed by atoms with Gasteiger partial charge in [-0.2, -0.15) is 4.98 Å². The average Bonchev–Trinajstić information content (AvgIpc) is 3.44. The first-order valence-corrected chi connectivity index (χ1v) is 11.1. The lowest BCUT2D eigenvalue weighted by Crippen LogP contribution is -2.34. The Balaban J connectivity index is 1.67. The van der Waals surface area contributed by atoms with Crippen LogP contribution in [-0.4, -0.2) is 51.6 Å². The highest BCUT2D eigenvalue weighted by molar-refractivity contribution is 7.09. The zero-order valence-electron chi connectivity index (χ0n) is 16.8. The highest BCUT2D eigenvalue weighted by Crippen LogP contribution is 2.50. The number of thiazole rings is 1. The molecule has 2 aromatic heterocycles. The van der Waals surface area contributed by atoms with Crippen molar-refractivity contribution in [1.82, 2.24) is 19.9 Å². The maximum atomic E-state index is 11.3. The van der Waals surface area contributed by atoms with E-state index in [2.05, 4.69) is 37.9 Å². The number of anilines is 3. The quantitative estimate of drug-likeness (QED) is 0.643. The molecule has 0 unspecified atom stereocenters. The van der Waals surface area contributed by atoms with Gasteiger partial charge in [0.05, 0.1) is 6.20 Å². The summed E-state index contributed by atoms with van der Waals surface area (Å²) >= 11 is 7.93. The number of nitrogen functional groups attached to an aromatic ring is 1. The van der Waals surface area contributed by atoms with E-state index >= 15 is 0 Å². The minimum absolute atomic E-state index is 0.0152. The molecule has 3 N–H and O–H groups in total. The molecule has 4 heterocycles. The van der Waals surface area contributed by atoms with Crippen LogP contribution in [-0.2, 0) is 11.0 Å². The predicted molar refractivity (Wildman–Crippen MR) is 119 cm³/mol. The highest BCUT2D eigenvalue weighted by atomic mass is 35.5. The number of likely N-dealkylation sites (N-methyl/N-ethyl adjacent to an activating group) is 1. The standard InChI is InChI=1S/C21H23ClN6OS/c1-20(29,18-24-6-8-30-18)13-3-4-14-16(9-13)28(12-21(14)5-7-27(2)11-21)17-15(22)10-25-19(23)26-17/h3-4,6,8-10,29H,5,7,11-12H2,1-2H3,(H2,23,25,26)/t20-,21-/m1/s1. The molecule has 156 valence electrons. The van der Waals surface area contributed by atoms with E-state index in [-0.39, 0.29) is 11.4 Å². The summed E-state index contributed by atoms with van der Waals surface area (Å²) in [5.74, 6) is 0.786. The number of benzene rings is 1. The van der Waals surface area contributed by atoms with Crippen molar-refractivity contribution in [2.75, 3.05) is 37.3 Å². The van der Waals surface area contributed by atoms with Crippen LogP contribution >= 0.6 is 22.9 Å². The molecule has 0 radical (unpaired) electrons. The Hall–Kier alpha value is -2.26. The van der Waals surface area contributed by atoms with Gasteiger partial charge in [0, 0.05) is 35.8 Å². The van der Waals surface area contributed by atoms with E-state index < -0.39 is 5.60 Å². The van der Waals surface area contributed by atoms with Crippen molar-refractivity contribution in [3.05, 3.63) is 57.1 Å². The summed E-state index contributed by atoms with van der Waals surface area (Å²) < 4.78 is 0. The molecule has 1 fully saturated rings. The Kier molecular flexibility index (Phi) is 4.52. The van der Waals surface area contributed by atoms with Gasteiger partial charge in [-0.15, -0.1) is 11.3 Å². The number of aliphatic hydroxyl groups is 1. The topological polar surface area (TPSA) is 91.4 Å². The fourth-order valence-corrected chi connectivity index (χ4v) is 5.66. The summed E-state index contributed by atoms with van der Waals surface area (Å²) in [4.78, 5) is 17.3. The van der Waals surface area contributed by atoms with Gasteiger partial charge in [0.2, 0.25) is 5.95 Å². The van der Waals surface area contributed by atoms with Crippen molar-refractivity contribution in [2.24, 2.45) is 0 Å². The van der Waals surface area contributed by atoms with E-state index in [9.17, 15) is 5.11 Å². The van der Waals surface area contributed by atoms with Crippen molar-refractivity contribution >= 4 is 40.4 Å². The predicted octanol–water partition coefficient (Wildman–Crippen LogP) is 3.15. The summed E-state index contributed by atoms with van der Waals surface area (Å²) in [6.45, 7) is 4.52. The molecular formula is C21H23ClN6OS. The van der Waals surface area contributed by atoms with Gasteiger partial charge >= 0.3 is 0 Å². The minimum atomic E-state index is -1.19. The van der Waals surface area contributed by atoms with Crippen LogP contribution in [0.1, 0.15) is 29.5 Å². The van der Waals surface area contributed by atoms with Gasteiger partial charge in [-0.1, -0.05) is 23.7 Å². The Morgan fingerprint density at radius 1 is 1.30 bits per heavy atom. The number of likely N-dealkylation sites (tertiary alicyclic amines) is 1. The summed E-state index contributed by atoms with van der Waals surface area (Å²) in [6.07, 6.45) is 4.30. The molecular weight excluding hydrogens is 420 g/mol. The van der Waals surface area contributed by atoms with Crippen molar-refractivity contribution in [3.63, 3.8) is 0 Å². The van der Waals surface area contributed by atoms with Crippen LogP contribution in [0.3, 0.4) is 0 Å². The van der Waals surface area contributed by atoms with Gasteiger partial charge in [-0.3, -0.25) is 0 Å². The largest absolute Gasteiger partial charge is 0.378 e. The molecule has 9 heteroatoms. The SMILES string of the molecule is CN1CC[C@@]2(C1)CN(c1nc(N)ncc1Cl)c1cc([C@@](C)(O)c3nccs3)ccc12. The fraction of sp³-hybridized carbons (Fsp3) is 0.381. The first-order valence-electron chi connectivity index (χ1n) is 9.82. The van der Waals surface area contributed by atoms with Crippen molar-refractivity contribution in [1.29, 1.82) is 0 Å². The van der Waals surface area contributed by atoms with Crippen LogP contribution in [0.25, 0.3) is 0 Å². The highest BCUT2D eigenvalue weighted by Gasteiger charge is 2.48. The minimum Gasteiger partial charge on any atom is -0.378 e. The maximum absolute atomic E-state index is 11.3. The van der Waals surface area contributed by atoms with Crippen LogP contribution in [0, 0.1) is 0 Å². The second kappa shape index (κ2) is 6.88. The number of rotatable bonds is 3. The Labute approximate surface area is 184 Å². The number of nitrogens with zero attached hydrogens (tertiary/aromatic N) is 5. The summed E-state index contributed by atoms with van der Waals surface area (Å²) in [5.41, 5.74) is 7.71. The number of nitrogens with two attached hydrogens (primary N) is 1. The van der Waals surface area contributed by atoms with Gasteiger partial charge in [0.25, 0.3) is 0 Å². The number of hydrogen-bond acceptors (Lipinski definition) is 8. The summed E-state index contributed by atoms with van der Waals surface area (Å²) in [7, 11) is 2.15. The molecule has 0 saturated carbocycles. The molecule has 2 atom stereocenters. The van der Waals surface area contributed by atoms with Crippen molar-refractivity contribution in [2.45, 2.75) is 24.4 Å². The molecule has 30 heavy (non-hydrogen) atoms. The Morgan fingerprint density at radius 3 is 2.83 bits per heavy atom. The molecule has 1 aromatic carbocycles. The van der Waals surface area contributed by atoms with E-state index in [1.807, 2.05) is 17.5 Å². The lowest BCUT2D eigenvalue weighted by atomic mass is 9.80. The molecule has 1 spiro atoms. The number of halogens is 1. The molecule has 0 amide bonds. The van der Waals surface area contributed by atoms with E-state index in [0.29, 0.717) is 15.8 Å². The van der Waals surface area contributed by atoms with Gasteiger partial charge < -0.3 is 20.6 Å². The fourth-order valence-electron chi connectivity index (χ4n) is 4.74. The zero-order valence-corrected chi connectivity index (χ0v) is 18.4. The smallest absolute Gasteiger partial charge is 0.222 e. The number of fused-ring (bicyclic) bond motifs is 2. The Bertz CT molecular complexity index is 1100. The zero-order chi connectivity index (χ0) is 21.1. The Morgan fingerprint density at radius 2 is 2.13 bits per heavy atom. The van der Waals surface area contributed by atoms with E-state index in [0.717, 1.165) is 37.3 Å². The van der Waals surface area contributed by atoms with E-state index in [1.165, 1.54) is 16.9 Å². The van der Waals surface area contributed by atoms with Gasteiger partial charge in [-0.05, 0) is 44.1 Å². The lowest BCUT2D eigenvalue weighted by molar-refractivity contribution is 0.102. The number of hydrogen-bond donors (Lipinski definition) is 2. The molecule has 2 aliphatic rings. The van der Waals surface area contributed by atoms with Crippen molar-refractivity contribution in [3.8, 4) is 0 Å². The summed E-state index contributed by atoms with van der Waals surface area (Å²) in [6, 6.07) is 6.20. The average molecular weight is 443 g/mol. The third-order valence-electron chi connectivity index (χ3n) is 6.28. The van der Waals surface area contributed by atoms with Gasteiger partial charge in [-0.25, -0.2) is 9.97 Å². The third-order valence-corrected chi connectivity index (χ3v) is 7.53. The molecule has 2 aliphatic heterocycles. The number of aromatic nitrogens is 3.